The molecule has 0 aromatic rings. The predicted octanol–water partition coefficient (Wildman–Crippen LogP) is 3.46. The lowest BCUT2D eigenvalue weighted by Crippen LogP contribution is -2.52. The van der Waals surface area contributed by atoms with Gasteiger partial charge in [-0.25, -0.2) is 14.4 Å². The van der Waals surface area contributed by atoms with Crippen molar-refractivity contribution in [2.45, 2.75) is 84.5 Å². The van der Waals surface area contributed by atoms with E-state index in [9.17, 15) is 19.2 Å². The summed E-state index contributed by atoms with van der Waals surface area (Å²) in [4.78, 5) is 48.5. The number of hydrogen-bond donors (Lipinski definition) is 0. The molecular formula is C18H31NO7. The van der Waals surface area contributed by atoms with Crippen LogP contribution >= 0.6 is 0 Å². The highest BCUT2D eigenvalue weighted by Gasteiger charge is 2.40. The first kappa shape index (κ1) is 23.9. The third-order valence-electron chi connectivity index (χ3n) is 3.01. The molecule has 8 heteroatoms. The molecule has 0 radical (unpaired) electrons. The third-order valence-corrected chi connectivity index (χ3v) is 3.01. The third kappa shape index (κ3) is 9.39. The van der Waals surface area contributed by atoms with Crippen LogP contribution in [0.3, 0.4) is 0 Å². The molecule has 0 aromatic carbocycles. The Morgan fingerprint density at radius 3 is 1.73 bits per heavy atom. The van der Waals surface area contributed by atoms with Crippen LogP contribution in [0.1, 0.15) is 67.2 Å². The zero-order chi connectivity index (χ0) is 20.5. The molecule has 0 rings (SSSR count). The van der Waals surface area contributed by atoms with Gasteiger partial charge in [0.1, 0.15) is 23.5 Å². The molecule has 0 aliphatic heterocycles. The van der Waals surface area contributed by atoms with Crippen molar-refractivity contribution >= 4 is 24.4 Å². The number of carbonyl (C=O) groups is 4. The van der Waals surface area contributed by atoms with Gasteiger partial charge in [-0.2, -0.15) is 4.90 Å². The highest BCUT2D eigenvalue weighted by Crippen LogP contribution is 2.20. The van der Waals surface area contributed by atoms with Crippen molar-refractivity contribution in [2.75, 3.05) is 7.11 Å². The number of methoxy groups -OCH3 is 1. The van der Waals surface area contributed by atoms with E-state index in [2.05, 4.69) is 0 Å². The summed E-state index contributed by atoms with van der Waals surface area (Å²) in [7, 11) is 1.17. The second-order valence-corrected chi connectivity index (χ2v) is 7.82. The Bertz CT molecular complexity index is 475. The SMILES string of the molecule is COC(=O)[C@H](CCCCC=O)N(C(=O)OC(C)(C)C)C(=O)OC(C)(C)C. The molecule has 0 saturated carbocycles. The number of rotatable bonds is 7. The Labute approximate surface area is 155 Å². The molecule has 0 spiro atoms. The Morgan fingerprint density at radius 1 is 0.923 bits per heavy atom. The van der Waals surface area contributed by atoms with E-state index in [0.717, 1.165) is 6.29 Å². The molecule has 2 amide bonds. The highest BCUT2D eigenvalue weighted by molar-refractivity contribution is 5.94. The number of esters is 1. The normalized spacial score (nSPS) is 12.7. The summed E-state index contributed by atoms with van der Waals surface area (Å²) in [6.45, 7) is 9.89. The standard InChI is InChI=1S/C18H31NO7/c1-17(2,3)25-15(22)19(16(23)26-18(4,5)6)13(14(21)24-7)11-9-8-10-12-20/h12-13H,8-11H2,1-7H3/t13-/m0/s1. The molecule has 0 unspecified atom stereocenters. The van der Waals surface area contributed by atoms with Crippen LogP contribution in [0.15, 0.2) is 0 Å². The lowest BCUT2D eigenvalue weighted by molar-refractivity contribution is -0.147. The maximum Gasteiger partial charge on any atom is 0.420 e. The molecule has 0 aliphatic rings. The molecule has 0 aliphatic carbocycles. The quantitative estimate of drug-likeness (QED) is 0.291. The van der Waals surface area contributed by atoms with E-state index in [1.54, 1.807) is 41.5 Å². The molecule has 0 heterocycles. The minimum absolute atomic E-state index is 0.138. The van der Waals surface area contributed by atoms with Gasteiger partial charge in [-0.1, -0.05) is 6.42 Å². The van der Waals surface area contributed by atoms with E-state index in [1.807, 2.05) is 0 Å². The van der Waals surface area contributed by atoms with Gasteiger partial charge in [0.15, 0.2) is 0 Å². The van der Waals surface area contributed by atoms with E-state index < -0.39 is 35.4 Å². The molecule has 0 fully saturated rings. The van der Waals surface area contributed by atoms with Crippen molar-refractivity contribution in [1.29, 1.82) is 0 Å². The number of imide groups is 1. The van der Waals surface area contributed by atoms with Gasteiger partial charge in [0.2, 0.25) is 0 Å². The minimum Gasteiger partial charge on any atom is -0.467 e. The maximum absolute atomic E-state index is 12.6. The molecule has 26 heavy (non-hydrogen) atoms. The fourth-order valence-electron chi connectivity index (χ4n) is 2.00. The van der Waals surface area contributed by atoms with Crippen molar-refractivity contribution in [3.05, 3.63) is 0 Å². The van der Waals surface area contributed by atoms with Crippen LogP contribution in [0.4, 0.5) is 9.59 Å². The number of ether oxygens (including phenoxy) is 3. The molecule has 0 aromatic heterocycles. The fourth-order valence-corrected chi connectivity index (χ4v) is 2.00. The number of nitrogens with zero attached hydrogens (tertiary/aromatic N) is 1. The topological polar surface area (TPSA) is 99.2 Å². The summed E-state index contributed by atoms with van der Waals surface area (Å²) < 4.78 is 15.3. The molecule has 1 atom stereocenters. The molecule has 0 N–H and O–H groups in total. The number of hydrogen-bond acceptors (Lipinski definition) is 7. The average molecular weight is 373 g/mol. The minimum atomic E-state index is -1.20. The van der Waals surface area contributed by atoms with Gasteiger partial charge < -0.3 is 19.0 Å². The van der Waals surface area contributed by atoms with Crippen molar-refractivity contribution in [2.24, 2.45) is 0 Å². The van der Waals surface area contributed by atoms with Crippen molar-refractivity contribution in [3.8, 4) is 0 Å². The number of amides is 2. The summed E-state index contributed by atoms with van der Waals surface area (Å²) in [5, 5.41) is 0. The predicted molar refractivity (Wildman–Crippen MR) is 94.6 cm³/mol. The van der Waals surface area contributed by atoms with Gasteiger partial charge in [-0.05, 0) is 54.4 Å². The molecule has 0 bridgehead atoms. The zero-order valence-corrected chi connectivity index (χ0v) is 16.8. The van der Waals surface area contributed by atoms with E-state index >= 15 is 0 Å². The zero-order valence-electron chi connectivity index (χ0n) is 16.8. The van der Waals surface area contributed by atoms with Gasteiger partial charge in [0.25, 0.3) is 0 Å². The van der Waals surface area contributed by atoms with E-state index in [0.29, 0.717) is 24.2 Å². The van der Waals surface area contributed by atoms with Gasteiger partial charge in [-0.3, -0.25) is 0 Å². The number of aldehydes is 1. The Morgan fingerprint density at radius 2 is 1.38 bits per heavy atom. The second-order valence-electron chi connectivity index (χ2n) is 7.82. The largest absolute Gasteiger partial charge is 0.467 e. The van der Waals surface area contributed by atoms with E-state index in [-0.39, 0.29) is 6.42 Å². The van der Waals surface area contributed by atoms with Gasteiger partial charge in [0.05, 0.1) is 7.11 Å². The smallest absolute Gasteiger partial charge is 0.420 e. The van der Waals surface area contributed by atoms with E-state index in [4.69, 9.17) is 14.2 Å². The fraction of sp³-hybridized carbons (Fsp3) is 0.778. The lowest BCUT2D eigenvalue weighted by atomic mass is 10.1. The van der Waals surface area contributed by atoms with Gasteiger partial charge >= 0.3 is 18.2 Å². The van der Waals surface area contributed by atoms with Crippen LogP contribution in [-0.2, 0) is 23.8 Å². The van der Waals surface area contributed by atoms with Crippen LogP contribution in [-0.4, -0.2) is 53.7 Å². The first-order valence-electron chi connectivity index (χ1n) is 8.59. The van der Waals surface area contributed by atoms with Crippen LogP contribution in [0.2, 0.25) is 0 Å². The summed E-state index contributed by atoms with van der Waals surface area (Å²) in [6.07, 6.45) is 0.224. The first-order valence-corrected chi connectivity index (χ1v) is 8.59. The van der Waals surface area contributed by atoms with Crippen LogP contribution in [0.5, 0.6) is 0 Å². The summed E-state index contributed by atoms with van der Waals surface area (Å²) in [6, 6.07) is -1.20. The monoisotopic (exact) mass is 373 g/mol. The van der Waals surface area contributed by atoms with Crippen LogP contribution < -0.4 is 0 Å². The van der Waals surface area contributed by atoms with Crippen LogP contribution in [0, 0.1) is 0 Å². The Kier molecular flexibility index (Phi) is 9.31. The van der Waals surface area contributed by atoms with Crippen molar-refractivity contribution in [1.82, 2.24) is 4.90 Å². The molecule has 8 nitrogen and oxygen atoms in total. The Balaban J connectivity index is 5.62. The molecular weight excluding hydrogens is 342 g/mol. The van der Waals surface area contributed by atoms with Gasteiger partial charge in [-0.15, -0.1) is 0 Å². The lowest BCUT2D eigenvalue weighted by Gasteiger charge is -2.32. The summed E-state index contributed by atoms with van der Waals surface area (Å²) >= 11 is 0. The number of unbranched alkanes of at least 4 members (excludes halogenated alkanes) is 2. The van der Waals surface area contributed by atoms with Gasteiger partial charge in [0, 0.05) is 6.42 Å². The summed E-state index contributed by atoms with van der Waals surface area (Å²) in [5.41, 5.74) is -1.73. The Hall–Kier alpha value is -2.12. The molecule has 0 saturated heterocycles. The van der Waals surface area contributed by atoms with Crippen LogP contribution in [0.25, 0.3) is 0 Å². The van der Waals surface area contributed by atoms with Crippen molar-refractivity contribution < 1.29 is 33.4 Å². The van der Waals surface area contributed by atoms with Crippen molar-refractivity contribution in [3.63, 3.8) is 0 Å². The number of carbonyl (C=O) groups excluding carboxylic acids is 4. The summed E-state index contributed by atoms with van der Waals surface area (Å²) in [5.74, 6) is -0.757. The highest BCUT2D eigenvalue weighted by atomic mass is 16.6. The second kappa shape index (κ2) is 10.1. The maximum atomic E-state index is 12.6. The van der Waals surface area contributed by atoms with E-state index in [1.165, 1.54) is 7.11 Å². The molecule has 150 valence electrons. The first-order chi connectivity index (χ1) is 11.8. The average Bonchev–Trinajstić information content (AvgIpc) is 2.45.